The first kappa shape index (κ1) is 14.7. The van der Waals surface area contributed by atoms with Gasteiger partial charge < -0.3 is 4.90 Å². The maximum absolute atomic E-state index is 11.5. The van der Waals surface area contributed by atoms with Crippen LogP contribution in [0, 0.1) is 0 Å². The SMILES string of the molecule is CC(CS(C)(=O)=O)N(C)c1ncnc2sc3c(c12)CCC3. The van der Waals surface area contributed by atoms with E-state index in [0.29, 0.717) is 0 Å². The van der Waals surface area contributed by atoms with E-state index in [1.54, 1.807) is 17.7 Å². The summed E-state index contributed by atoms with van der Waals surface area (Å²) in [4.78, 5) is 13.2. The standard InChI is InChI=1S/C14H19N3O2S2/c1-9(7-21(3,18)19)17(2)13-12-10-5-4-6-11(10)20-14(12)16-8-15-13/h8-9H,4-7H2,1-3H3. The van der Waals surface area contributed by atoms with Gasteiger partial charge in [0.15, 0.2) is 0 Å². The number of anilines is 1. The van der Waals surface area contributed by atoms with Crippen LogP contribution < -0.4 is 4.90 Å². The van der Waals surface area contributed by atoms with E-state index in [0.717, 1.165) is 28.9 Å². The van der Waals surface area contributed by atoms with E-state index in [-0.39, 0.29) is 11.8 Å². The summed E-state index contributed by atoms with van der Waals surface area (Å²) in [5.41, 5.74) is 1.36. The van der Waals surface area contributed by atoms with Gasteiger partial charge in [-0.15, -0.1) is 11.3 Å². The number of rotatable bonds is 4. The van der Waals surface area contributed by atoms with Crippen LogP contribution in [0.4, 0.5) is 5.82 Å². The summed E-state index contributed by atoms with van der Waals surface area (Å²) >= 11 is 1.75. The van der Waals surface area contributed by atoms with Crippen molar-refractivity contribution < 1.29 is 8.42 Å². The molecule has 0 aromatic carbocycles. The summed E-state index contributed by atoms with van der Waals surface area (Å²) in [7, 11) is -1.10. The molecule has 1 atom stereocenters. The van der Waals surface area contributed by atoms with Gasteiger partial charge in [-0.25, -0.2) is 18.4 Å². The van der Waals surface area contributed by atoms with Crippen LogP contribution in [0.3, 0.4) is 0 Å². The highest BCUT2D eigenvalue weighted by Gasteiger charge is 2.25. The molecule has 0 amide bonds. The van der Waals surface area contributed by atoms with E-state index >= 15 is 0 Å². The molecular weight excluding hydrogens is 306 g/mol. The molecule has 2 heterocycles. The molecule has 2 aromatic rings. The van der Waals surface area contributed by atoms with Gasteiger partial charge in [0.25, 0.3) is 0 Å². The summed E-state index contributed by atoms with van der Waals surface area (Å²) in [6.45, 7) is 1.92. The predicted molar refractivity (Wildman–Crippen MR) is 87.0 cm³/mol. The van der Waals surface area contributed by atoms with Gasteiger partial charge in [-0.1, -0.05) is 0 Å². The molecule has 0 N–H and O–H groups in total. The van der Waals surface area contributed by atoms with Crippen molar-refractivity contribution in [3.05, 3.63) is 16.8 Å². The molecule has 21 heavy (non-hydrogen) atoms. The van der Waals surface area contributed by atoms with E-state index < -0.39 is 9.84 Å². The van der Waals surface area contributed by atoms with Gasteiger partial charge in [-0.05, 0) is 31.7 Å². The Morgan fingerprint density at radius 3 is 2.86 bits per heavy atom. The molecule has 0 saturated heterocycles. The smallest absolute Gasteiger partial charge is 0.149 e. The Labute approximate surface area is 128 Å². The van der Waals surface area contributed by atoms with Crippen LogP contribution >= 0.6 is 11.3 Å². The van der Waals surface area contributed by atoms with Crippen molar-refractivity contribution in [3.63, 3.8) is 0 Å². The zero-order valence-corrected chi connectivity index (χ0v) is 14.1. The molecule has 114 valence electrons. The first-order chi connectivity index (χ1) is 9.87. The third-order valence-electron chi connectivity index (χ3n) is 4.02. The monoisotopic (exact) mass is 325 g/mol. The Morgan fingerprint density at radius 1 is 1.38 bits per heavy atom. The summed E-state index contributed by atoms with van der Waals surface area (Å²) in [5.74, 6) is 0.983. The molecule has 1 unspecified atom stereocenters. The lowest BCUT2D eigenvalue weighted by Crippen LogP contribution is -2.35. The second-order valence-corrected chi connectivity index (χ2v) is 9.06. The maximum atomic E-state index is 11.5. The van der Waals surface area contributed by atoms with E-state index in [1.807, 2.05) is 18.9 Å². The fourth-order valence-electron chi connectivity index (χ4n) is 2.94. The van der Waals surface area contributed by atoms with Crippen molar-refractivity contribution in [2.24, 2.45) is 0 Å². The first-order valence-corrected chi connectivity index (χ1v) is 9.90. The van der Waals surface area contributed by atoms with Gasteiger partial charge in [-0.2, -0.15) is 0 Å². The Balaban J connectivity index is 2.04. The minimum atomic E-state index is -3.01. The number of hydrogen-bond acceptors (Lipinski definition) is 6. The summed E-state index contributed by atoms with van der Waals surface area (Å²) in [5, 5.41) is 1.12. The Bertz CT molecular complexity index is 783. The zero-order chi connectivity index (χ0) is 15.2. The fraction of sp³-hybridized carbons (Fsp3) is 0.571. The number of sulfone groups is 1. The Hall–Kier alpha value is -1.21. The van der Waals surface area contributed by atoms with E-state index in [9.17, 15) is 8.42 Å². The molecule has 0 aliphatic heterocycles. The van der Waals surface area contributed by atoms with Gasteiger partial charge >= 0.3 is 0 Å². The number of nitrogens with zero attached hydrogens (tertiary/aromatic N) is 3. The number of aromatic nitrogens is 2. The van der Waals surface area contributed by atoms with Gasteiger partial charge in [0, 0.05) is 24.2 Å². The van der Waals surface area contributed by atoms with Crippen molar-refractivity contribution in [1.29, 1.82) is 0 Å². The van der Waals surface area contributed by atoms with Crippen LogP contribution in [-0.4, -0.2) is 43.5 Å². The highest BCUT2D eigenvalue weighted by molar-refractivity contribution is 7.90. The molecule has 0 fully saturated rings. The van der Waals surface area contributed by atoms with Gasteiger partial charge in [0.2, 0.25) is 0 Å². The molecule has 2 aromatic heterocycles. The molecule has 1 aliphatic rings. The lowest BCUT2D eigenvalue weighted by atomic mass is 10.1. The minimum Gasteiger partial charge on any atom is -0.355 e. The number of thiophene rings is 1. The van der Waals surface area contributed by atoms with Gasteiger partial charge in [0.05, 0.1) is 11.1 Å². The number of fused-ring (bicyclic) bond motifs is 3. The molecule has 7 heteroatoms. The van der Waals surface area contributed by atoms with Crippen LogP contribution in [0.15, 0.2) is 6.33 Å². The van der Waals surface area contributed by atoms with Crippen molar-refractivity contribution >= 4 is 37.2 Å². The molecule has 3 rings (SSSR count). The van der Waals surface area contributed by atoms with E-state index in [4.69, 9.17) is 0 Å². The molecule has 0 radical (unpaired) electrons. The first-order valence-electron chi connectivity index (χ1n) is 7.02. The van der Waals surface area contributed by atoms with Crippen LogP contribution in [0.5, 0.6) is 0 Å². The summed E-state index contributed by atoms with van der Waals surface area (Å²) < 4.78 is 23.0. The minimum absolute atomic E-state index is 0.116. The van der Waals surface area contributed by atoms with E-state index in [1.165, 1.54) is 23.1 Å². The van der Waals surface area contributed by atoms with Crippen LogP contribution in [0.1, 0.15) is 23.8 Å². The van der Waals surface area contributed by atoms with Crippen LogP contribution in [-0.2, 0) is 22.7 Å². The summed E-state index contributed by atoms with van der Waals surface area (Å²) in [6.07, 6.45) is 6.23. The predicted octanol–water partition coefficient (Wildman–Crippen LogP) is 2.05. The van der Waals surface area contributed by atoms with Crippen molar-refractivity contribution in [2.45, 2.75) is 32.2 Å². The van der Waals surface area contributed by atoms with Crippen LogP contribution in [0.25, 0.3) is 10.2 Å². The molecule has 1 aliphatic carbocycles. The second-order valence-electron chi connectivity index (χ2n) is 5.79. The average Bonchev–Trinajstić information content (AvgIpc) is 2.95. The van der Waals surface area contributed by atoms with Crippen molar-refractivity contribution in [1.82, 2.24) is 9.97 Å². The van der Waals surface area contributed by atoms with Crippen LogP contribution in [0.2, 0.25) is 0 Å². The van der Waals surface area contributed by atoms with Gasteiger partial charge in [0.1, 0.15) is 26.8 Å². The average molecular weight is 325 g/mol. The third-order valence-corrected chi connectivity index (χ3v) is 6.31. The zero-order valence-electron chi connectivity index (χ0n) is 12.5. The largest absolute Gasteiger partial charge is 0.355 e. The highest BCUT2D eigenvalue weighted by Crippen LogP contribution is 2.40. The quantitative estimate of drug-likeness (QED) is 0.861. The summed E-state index contributed by atoms with van der Waals surface area (Å²) in [6, 6.07) is -0.116. The molecular formula is C14H19N3O2S2. The number of hydrogen-bond donors (Lipinski definition) is 0. The van der Waals surface area contributed by atoms with Crippen molar-refractivity contribution in [3.8, 4) is 0 Å². The molecule has 0 spiro atoms. The molecule has 0 saturated carbocycles. The fourth-order valence-corrected chi connectivity index (χ4v) is 5.26. The number of aryl methyl sites for hydroxylation is 2. The lowest BCUT2D eigenvalue weighted by Gasteiger charge is -2.26. The normalized spacial score (nSPS) is 16.1. The highest BCUT2D eigenvalue weighted by atomic mass is 32.2. The Kier molecular flexibility index (Phi) is 3.65. The second kappa shape index (κ2) is 5.21. The molecule has 5 nitrogen and oxygen atoms in total. The third kappa shape index (κ3) is 2.76. The lowest BCUT2D eigenvalue weighted by molar-refractivity contribution is 0.593. The molecule has 0 bridgehead atoms. The Morgan fingerprint density at radius 2 is 2.14 bits per heavy atom. The van der Waals surface area contributed by atoms with Crippen molar-refractivity contribution in [2.75, 3.05) is 24.0 Å². The van der Waals surface area contributed by atoms with Gasteiger partial charge in [-0.3, -0.25) is 0 Å². The van der Waals surface area contributed by atoms with E-state index in [2.05, 4.69) is 9.97 Å². The topological polar surface area (TPSA) is 63.2 Å². The maximum Gasteiger partial charge on any atom is 0.149 e.